The molecule has 1 aliphatic rings. The maximum absolute atomic E-state index is 9.19. The van der Waals surface area contributed by atoms with Crippen LogP contribution in [0.25, 0.3) is 0 Å². The first kappa shape index (κ1) is 13.6. The van der Waals surface area contributed by atoms with E-state index in [9.17, 15) is 5.11 Å². The molecular formula is C14H24N2O2. The third-order valence-electron chi connectivity index (χ3n) is 3.84. The molecule has 0 amide bonds. The maximum atomic E-state index is 9.19. The number of aliphatic hydroxyl groups excluding tert-OH is 1. The highest BCUT2D eigenvalue weighted by atomic mass is 16.4. The van der Waals surface area contributed by atoms with Crippen molar-refractivity contribution in [2.75, 3.05) is 6.61 Å². The highest BCUT2D eigenvalue weighted by Gasteiger charge is 2.23. The zero-order valence-electron chi connectivity index (χ0n) is 11.2. The summed E-state index contributed by atoms with van der Waals surface area (Å²) in [6.45, 7) is 2.82. The summed E-state index contributed by atoms with van der Waals surface area (Å²) >= 11 is 0. The van der Waals surface area contributed by atoms with Crippen LogP contribution < -0.4 is 5.32 Å². The molecule has 1 aromatic rings. The maximum Gasteiger partial charge on any atom is 0.208 e. The standard InChI is InChI=1S/C14H24N2O2/c1-11-9-16-14(18-11)10-15-13(7-8-17)12-5-3-2-4-6-12/h9,12-13,15,17H,2-8,10H2,1H3/t13-/m0/s1. The van der Waals surface area contributed by atoms with Crippen LogP contribution in [0.1, 0.15) is 50.2 Å². The van der Waals surface area contributed by atoms with Crippen LogP contribution in [-0.2, 0) is 6.54 Å². The molecule has 0 radical (unpaired) electrons. The topological polar surface area (TPSA) is 58.3 Å². The van der Waals surface area contributed by atoms with E-state index in [0.717, 1.165) is 18.1 Å². The van der Waals surface area contributed by atoms with Crippen molar-refractivity contribution in [3.8, 4) is 0 Å². The lowest BCUT2D eigenvalue weighted by Crippen LogP contribution is -2.37. The zero-order valence-corrected chi connectivity index (χ0v) is 11.2. The van der Waals surface area contributed by atoms with Gasteiger partial charge in [-0.1, -0.05) is 19.3 Å². The third kappa shape index (κ3) is 3.82. The molecule has 2 N–H and O–H groups in total. The van der Waals surface area contributed by atoms with Crippen molar-refractivity contribution in [3.63, 3.8) is 0 Å². The Bertz CT molecular complexity index is 345. The molecule has 1 atom stereocenters. The lowest BCUT2D eigenvalue weighted by Gasteiger charge is -2.30. The van der Waals surface area contributed by atoms with Crippen LogP contribution >= 0.6 is 0 Å². The Hall–Kier alpha value is -0.870. The van der Waals surface area contributed by atoms with E-state index in [0.29, 0.717) is 18.5 Å². The summed E-state index contributed by atoms with van der Waals surface area (Å²) in [4.78, 5) is 4.20. The van der Waals surface area contributed by atoms with Gasteiger partial charge in [0.2, 0.25) is 5.89 Å². The second-order valence-electron chi connectivity index (χ2n) is 5.26. The Morgan fingerprint density at radius 2 is 2.22 bits per heavy atom. The van der Waals surface area contributed by atoms with E-state index in [4.69, 9.17) is 4.42 Å². The van der Waals surface area contributed by atoms with Crippen molar-refractivity contribution in [2.24, 2.45) is 5.92 Å². The van der Waals surface area contributed by atoms with Crippen molar-refractivity contribution in [3.05, 3.63) is 17.8 Å². The molecule has 4 nitrogen and oxygen atoms in total. The van der Waals surface area contributed by atoms with Gasteiger partial charge >= 0.3 is 0 Å². The monoisotopic (exact) mass is 252 g/mol. The quantitative estimate of drug-likeness (QED) is 0.816. The van der Waals surface area contributed by atoms with Gasteiger partial charge in [-0.3, -0.25) is 0 Å². The van der Waals surface area contributed by atoms with Gasteiger partial charge in [-0.25, -0.2) is 4.98 Å². The molecule has 0 bridgehead atoms. The van der Waals surface area contributed by atoms with E-state index in [2.05, 4.69) is 10.3 Å². The predicted octanol–water partition coefficient (Wildman–Crippen LogP) is 2.40. The van der Waals surface area contributed by atoms with Crippen LogP contribution in [0.4, 0.5) is 0 Å². The van der Waals surface area contributed by atoms with E-state index in [1.807, 2.05) is 6.92 Å². The van der Waals surface area contributed by atoms with Gasteiger partial charge < -0.3 is 14.8 Å². The SMILES string of the molecule is Cc1cnc(CN[C@@H](CCO)C2CCCCC2)o1. The van der Waals surface area contributed by atoms with E-state index < -0.39 is 0 Å². The zero-order chi connectivity index (χ0) is 12.8. The highest BCUT2D eigenvalue weighted by molar-refractivity contribution is 4.91. The number of hydrogen-bond donors (Lipinski definition) is 2. The summed E-state index contributed by atoms with van der Waals surface area (Å²) in [5, 5.41) is 12.7. The molecule has 102 valence electrons. The van der Waals surface area contributed by atoms with Crippen molar-refractivity contribution in [1.82, 2.24) is 10.3 Å². The summed E-state index contributed by atoms with van der Waals surface area (Å²) < 4.78 is 5.46. The molecule has 0 aromatic carbocycles. The van der Waals surface area contributed by atoms with Crippen molar-refractivity contribution in [1.29, 1.82) is 0 Å². The predicted molar refractivity (Wildman–Crippen MR) is 70.1 cm³/mol. The average Bonchev–Trinajstić information content (AvgIpc) is 2.81. The summed E-state index contributed by atoms with van der Waals surface area (Å²) in [6, 6.07) is 0.391. The minimum absolute atomic E-state index is 0.249. The molecule has 0 saturated heterocycles. The fourth-order valence-corrected chi connectivity index (χ4v) is 2.88. The van der Waals surface area contributed by atoms with Crippen LogP contribution in [0.5, 0.6) is 0 Å². The normalized spacial score (nSPS) is 19.0. The highest BCUT2D eigenvalue weighted by Crippen LogP contribution is 2.27. The molecule has 2 rings (SSSR count). The van der Waals surface area contributed by atoms with Crippen LogP contribution in [0.3, 0.4) is 0 Å². The van der Waals surface area contributed by atoms with Gasteiger partial charge in [-0.05, 0) is 32.1 Å². The molecule has 4 heteroatoms. The average molecular weight is 252 g/mol. The second kappa shape index (κ2) is 6.90. The summed E-state index contributed by atoms with van der Waals surface area (Å²) in [7, 11) is 0. The Morgan fingerprint density at radius 3 is 2.83 bits per heavy atom. The Balaban J connectivity index is 1.85. The number of nitrogens with one attached hydrogen (secondary N) is 1. The summed E-state index contributed by atoms with van der Waals surface area (Å²) in [5.41, 5.74) is 0. The first-order valence-electron chi connectivity index (χ1n) is 7.05. The second-order valence-corrected chi connectivity index (χ2v) is 5.26. The molecular weight excluding hydrogens is 228 g/mol. The van der Waals surface area contributed by atoms with E-state index >= 15 is 0 Å². The summed E-state index contributed by atoms with van der Waals surface area (Å²) in [6.07, 6.45) is 9.15. The fourth-order valence-electron chi connectivity index (χ4n) is 2.88. The van der Waals surface area contributed by atoms with Gasteiger partial charge in [0.25, 0.3) is 0 Å². The van der Waals surface area contributed by atoms with Crippen LogP contribution in [0.2, 0.25) is 0 Å². The van der Waals surface area contributed by atoms with Gasteiger partial charge in [0.15, 0.2) is 0 Å². The van der Waals surface area contributed by atoms with Crippen molar-refractivity contribution >= 4 is 0 Å². The van der Waals surface area contributed by atoms with Gasteiger partial charge in [0, 0.05) is 12.6 Å². The van der Waals surface area contributed by atoms with Crippen LogP contribution in [-0.4, -0.2) is 22.7 Å². The number of rotatable bonds is 6. The van der Waals surface area contributed by atoms with Gasteiger partial charge in [0.05, 0.1) is 12.7 Å². The van der Waals surface area contributed by atoms with E-state index in [1.165, 1.54) is 32.1 Å². The molecule has 1 heterocycles. The minimum atomic E-state index is 0.249. The first-order chi connectivity index (χ1) is 8.79. The number of nitrogens with zero attached hydrogens (tertiary/aromatic N) is 1. The molecule has 1 saturated carbocycles. The van der Waals surface area contributed by atoms with Gasteiger partial charge in [0.1, 0.15) is 5.76 Å². The minimum Gasteiger partial charge on any atom is -0.445 e. The Morgan fingerprint density at radius 1 is 1.44 bits per heavy atom. The van der Waals surface area contributed by atoms with Crippen LogP contribution in [0.15, 0.2) is 10.6 Å². The molecule has 18 heavy (non-hydrogen) atoms. The Labute approximate surface area is 109 Å². The first-order valence-corrected chi connectivity index (χ1v) is 7.05. The fraction of sp³-hybridized carbons (Fsp3) is 0.786. The summed E-state index contributed by atoms with van der Waals surface area (Å²) in [5.74, 6) is 2.29. The smallest absolute Gasteiger partial charge is 0.208 e. The van der Waals surface area contributed by atoms with Crippen molar-refractivity contribution < 1.29 is 9.52 Å². The van der Waals surface area contributed by atoms with Crippen LogP contribution in [0, 0.1) is 12.8 Å². The molecule has 1 fully saturated rings. The van der Waals surface area contributed by atoms with Crippen molar-refractivity contribution in [2.45, 2.75) is 58.0 Å². The number of oxazole rings is 1. The van der Waals surface area contributed by atoms with Gasteiger partial charge in [-0.2, -0.15) is 0 Å². The number of aryl methyl sites for hydroxylation is 1. The number of aromatic nitrogens is 1. The van der Waals surface area contributed by atoms with Gasteiger partial charge in [-0.15, -0.1) is 0 Å². The number of aliphatic hydroxyl groups is 1. The molecule has 1 aliphatic carbocycles. The molecule has 0 aliphatic heterocycles. The molecule has 0 spiro atoms. The molecule has 0 unspecified atom stereocenters. The Kier molecular flexibility index (Phi) is 5.20. The molecule has 1 aromatic heterocycles. The largest absolute Gasteiger partial charge is 0.445 e. The van der Waals surface area contributed by atoms with E-state index in [-0.39, 0.29) is 6.61 Å². The number of hydrogen-bond acceptors (Lipinski definition) is 4. The van der Waals surface area contributed by atoms with E-state index in [1.54, 1.807) is 6.20 Å². The third-order valence-corrected chi connectivity index (χ3v) is 3.84. The lowest BCUT2D eigenvalue weighted by atomic mass is 9.83. The lowest BCUT2D eigenvalue weighted by molar-refractivity contribution is 0.202.